The molecule has 1 aromatic heterocycles. The first-order chi connectivity index (χ1) is 8.54. The Labute approximate surface area is 108 Å². The van der Waals surface area contributed by atoms with E-state index in [1.54, 1.807) is 0 Å². The third-order valence-electron chi connectivity index (χ3n) is 2.78. The Morgan fingerprint density at radius 2 is 1.72 bits per heavy atom. The van der Waals surface area contributed by atoms with Crippen LogP contribution in [0, 0.1) is 0 Å². The summed E-state index contributed by atoms with van der Waals surface area (Å²) in [6.45, 7) is 2.20. The van der Waals surface area contributed by atoms with Gasteiger partial charge in [0.05, 0.1) is 0 Å². The summed E-state index contributed by atoms with van der Waals surface area (Å²) in [6.07, 6.45) is 9.20. The third kappa shape index (κ3) is 5.59. The van der Waals surface area contributed by atoms with Gasteiger partial charge in [0, 0.05) is 6.42 Å². The Morgan fingerprint density at radius 1 is 1.11 bits per heavy atom. The number of nitrogens with zero attached hydrogens (tertiary/aromatic N) is 2. The molecule has 0 saturated heterocycles. The van der Waals surface area contributed by atoms with E-state index in [0.29, 0.717) is 5.82 Å². The number of nitrogens with two attached hydrogens (primary N) is 1. The number of hydrogen-bond donors (Lipinski definition) is 2. The number of aromatic nitrogens is 3. The Hall–Kier alpha value is -0.950. The number of sulfonamides is 1. The summed E-state index contributed by atoms with van der Waals surface area (Å²) in [5.74, 6) is 0.590. The highest BCUT2D eigenvalue weighted by Crippen LogP contribution is 2.09. The maximum absolute atomic E-state index is 11.0. The van der Waals surface area contributed by atoms with Gasteiger partial charge in [-0.3, -0.25) is 5.10 Å². The number of aryl methyl sites for hydroxylation is 1. The van der Waals surface area contributed by atoms with Crippen LogP contribution in [-0.4, -0.2) is 23.6 Å². The lowest BCUT2D eigenvalue weighted by Crippen LogP contribution is -2.13. The van der Waals surface area contributed by atoms with Gasteiger partial charge in [-0.1, -0.05) is 45.4 Å². The van der Waals surface area contributed by atoms with E-state index >= 15 is 0 Å². The molecule has 0 amide bonds. The minimum absolute atomic E-state index is 0.319. The number of aromatic amines is 1. The van der Waals surface area contributed by atoms with Crippen molar-refractivity contribution in [3.05, 3.63) is 5.82 Å². The van der Waals surface area contributed by atoms with Crippen LogP contribution in [-0.2, 0) is 16.4 Å². The van der Waals surface area contributed by atoms with Crippen molar-refractivity contribution in [2.45, 2.75) is 63.4 Å². The maximum Gasteiger partial charge on any atom is 0.282 e. The molecular weight excluding hydrogens is 252 g/mol. The van der Waals surface area contributed by atoms with Crippen LogP contribution in [0.5, 0.6) is 0 Å². The molecule has 1 aromatic rings. The smallest absolute Gasteiger partial charge is 0.262 e. The lowest BCUT2D eigenvalue weighted by molar-refractivity contribution is 0.583. The Morgan fingerprint density at radius 3 is 2.28 bits per heavy atom. The van der Waals surface area contributed by atoms with Crippen molar-refractivity contribution in [3.63, 3.8) is 0 Å². The summed E-state index contributed by atoms with van der Waals surface area (Å²) in [4.78, 5) is 3.85. The SMILES string of the molecule is CCCCCCCCCc1nc(S(N)(=O)=O)n[nH]1. The quantitative estimate of drug-likeness (QED) is 0.669. The number of nitrogens with one attached hydrogen (secondary N) is 1. The molecule has 3 N–H and O–H groups in total. The van der Waals surface area contributed by atoms with Gasteiger partial charge < -0.3 is 0 Å². The van der Waals surface area contributed by atoms with Crippen LogP contribution in [0.4, 0.5) is 0 Å². The molecule has 0 aliphatic rings. The molecule has 0 radical (unpaired) electrons. The van der Waals surface area contributed by atoms with Crippen molar-refractivity contribution in [3.8, 4) is 0 Å². The first-order valence-electron chi connectivity index (χ1n) is 6.48. The minimum atomic E-state index is -3.78. The molecule has 104 valence electrons. The zero-order valence-corrected chi connectivity index (χ0v) is 11.7. The second-order valence-electron chi connectivity index (χ2n) is 4.48. The van der Waals surface area contributed by atoms with Crippen molar-refractivity contribution in [2.75, 3.05) is 0 Å². The molecule has 0 fully saturated rings. The van der Waals surface area contributed by atoms with E-state index in [2.05, 4.69) is 22.1 Å². The first kappa shape index (κ1) is 15.1. The van der Waals surface area contributed by atoms with E-state index in [9.17, 15) is 8.42 Å². The number of rotatable bonds is 9. The lowest BCUT2D eigenvalue weighted by Gasteiger charge is -1.99. The largest absolute Gasteiger partial charge is 0.282 e. The fraction of sp³-hybridized carbons (Fsp3) is 0.818. The topological polar surface area (TPSA) is 102 Å². The van der Waals surface area contributed by atoms with E-state index in [4.69, 9.17) is 5.14 Å². The molecule has 0 saturated carbocycles. The number of H-pyrrole nitrogens is 1. The summed E-state index contributed by atoms with van der Waals surface area (Å²) in [6, 6.07) is 0. The average Bonchev–Trinajstić information content (AvgIpc) is 2.76. The number of unbranched alkanes of at least 4 members (excludes halogenated alkanes) is 6. The average molecular weight is 274 g/mol. The second kappa shape index (κ2) is 7.48. The van der Waals surface area contributed by atoms with Gasteiger partial charge in [-0.05, 0) is 6.42 Å². The zero-order valence-electron chi connectivity index (χ0n) is 10.9. The van der Waals surface area contributed by atoms with Crippen molar-refractivity contribution < 1.29 is 8.42 Å². The molecule has 0 bridgehead atoms. The van der Waals surface area contributed by atoms with Crippen LogP contribution in [0.2, 0.25) is 0 Å². The maximum atomic E-state index is 11.0. The highest BCUT2D eigenvalue weighted by molar-refractivity contribution is 7.89. The van der Waals surface area contributed by atoms with Gasteiger partial charge in [-0.15, -0.1) is 5.10 Å². The van der Waals surface area contributed by atoms with Gasteiger partial charge in [0.1, 0.15) is 5.82 Å². The Bertz CT molecular complexity index is 442. The predicted octanol–water partition coefficient (Wildman–Crippen LogP) is 1.75. The molecule has 6 nitrogen and oxygen atoms in total. The molecule has 0 unspecified atom stereocenters. The summed E-state index contributed by atoms with van der Waals surface area (Å²) in [5.41, 5.74) is 0. The summed E-state index contributed by atoms with van der Waals surface area (Å²) in [5, 5.41) is 10.8. The molecule has 0 aliphatic carbocycles. The van der Waals surface area contributed by atoms with E-state index in [1.165, 1.54) is 32.1 Å². The van der Waals surface area contributed by atoms with Crippen molar-refractivity contribution in [1.29, 1.82) is 0 Å². The van der Waals surface area contributed by atoms with Crippen molar-refractivity contribution >= 4 is 10.0 Å². The zero-order chi connectivity index (χ0) is 13.4. The minimum Gasteiger partial charge on any atom is -0.262 e. The molecule has 1 heterocycles. The normalized spacial score (nSPS) is 11.9. The van der Waals surface area contributed by atoms with Crippen LogP contribution in [0.1, 0.15) is 57.7 Å². The van der Waals surface area contributed by atoms with Crippen LogP contribution >= 0.6 is 0 Å². The monoisotopic (exact) mass is 274 g/mol. The predicted molar refractivity (Wildman–Crippen MR) is 69.5 cm³/mol. The Kier molecular flexibility index (Phi) is 6.28. The van der Waals surface area contributed by atoms with Gasteiger partial charge in [-0.25, -0.2) is 18.5 Å². The van der Waals surface area contributed by atoms with Crippen LogP contribution in [0.25, 0.3) is 0 Å². The van der Waals surface area contributed by atoms with Gasteiger partial charge in [0.2, 0.25) is 0 Å². The number of primary sulfonamides is 1. The molecule has 0 atom stereocenters. The molecule has 0 aromatic carbocycles. The summed E-state index contributed by atoms with van der Waals surface area (Å²) in [7, 11) is -3.78. The molecule has 0 spiro atoms. The van der Waals surface area contributed by atoms with Crippen LogP contribution < -0.4 is 5.14 Å². The van der Waals surface area contributed by atoms with Crippen LogP contribution in [0.3, 0.4) is 0 Å². The van der Waals surface area contributed by atoms with E-state index in [1.807, 2.05) is 0 Å². The molecule has 1 rings (SSSR count). The first-order valence-corrected chi connectivity index (χ1v) is 8.02. The molecule has 0 aliphatic heterocycles. The highest BCUT2D eigenvalue weighted by Gasteiger charge is 2.14. The van der Waals surface area contributed by atoms with Gasteiger partial charge in [0.15, 0.2) is 0 Å². The summed E-state index contributed by atoms with van der Waals surface area (Å²) >= 11 is 0. The van der Waals surface area contributed by atoms with Crippen molar-refractivity contribution in [2.24, 2.45) is 5.14 Å². The van der Waals surface area contributed by atoms with E-state index < -0.39 is 10.0 Å². The molecular formula is C11H22N4O2S. The Balaban J connectivity index is 2.18. The van der Waals surface area contributed by atoms with Gasteiger partial charge in [0.25, 0.3) is 15.2 Å². The standard InChI is InChI=1S/C11H22N4O2S/c1-2-3-4-5-6-7-8-9-10-13-11(15-14-10)18(12,16)17/h2-9H2,1H3,(H2,12,16,17)(H,13,14,15). The fourth-order valence-electron chi connectivity index (χ4n) is 1.77. The van der Waals surface area contributed by atoms with Crippen molar-refractivity contribution in [1.82, 2.24) is 15.2 Å². The lowest BCUT2D eigenvalue weighted by atomic mass is 10.1. The van der Waals surface area contributed by atoms with Gasteiger partial charge >= 0.3 is 0 Å². The van der Waals surface area contributed by atoms with Gasteiger partial charge in [-0.2, -0.15) is 0 Å². The fourth-order valence-corrected chi connectivity index (χ4v) is 2.18. The van der Waals surface area contributed by atoms with E-state index in [-0.39, 0.29) is 5.16 Å². The third-order valence-corrected chi connectivity index (χ3v) is 3.47. The van der Waals surface area contributed by atoms with Crippen LogP contribution in [0.15, 0.2) is 5.16 Å². The molecule has 18 heavy (non-hydrogen) atoms. The highest BCUT2D eigenvalue weighted by atomic mass is 32.2. The summed E-state index contributed by atoms with van der Waals surface area (Å²) < 4.78 is 21.9. The second-order valence-corrected chi connectivity index (χ2v) is 5.94. The molecule has 7 heteroatoms. The number of hydrogen-bond acceptors (Lipinski definition) is 4. The van der Waals surface area contributed by atoms with E-state index in [0.717, 1.165) is 19.3 Å².